The van der Waals surface area contributed by atoms with Crippen LogP contribution in [0.1, 0.15) is 0 Å². The van der Waals surface area contributed by atoms with E-state index in [1.54, 1.807) is 0 Å². The van der Waals surface area contributed by atoms with Crippen molar-refractivity contribution in [1.29, 1.82) is 0 Å². The highest BCUT2D eigenvalue weighted by Gasteiger charge is 2.39. The smallest absolute Gasteiger partial charge is 0.136 e. The minimum atomic E-state index is -1.96. The third-order valence-corrected chi connectivity index (χ3v) is 14.4. The molecule has 1 aliphatic heterocycles. The summed E-state index contributed by atoms with van der Waals surface area (Å²) in [5, 5.41) is 7.89. The maximum absolute atomic E-state index is 6.41. The van der Waals surface area contributed by atoms with E-state index in [0.29, 0.717) is 0 Å². The molecule has 0 N–H and O–H groups in total. The van der Waals surface area contributed by atoms with Crippen LogP contribution >= 0.6 is 0 Å². The summed E-state index contributed by atoms with van der Waals surface area (Å²) >= 11 is 0. The molecule has 0 radical (unpaired) electrons. The van der Waals surface area contributed by atoms with Gasteiger partial charge in [-0.15, -0.1) is 0 Å². The maximum atomic E-state index is 6.41. The lowest BCUT2D eigenvalue weighted by atomic mass is 9.97. The van der Waals surface area contributed by atoms with Gasteiger partial charge in [-0.3, -0.25) is 0 Å². The number of fused-ring (bicyclic) bond motifs is 8. The Labute approximate surface area is 298 Å². The van der Waals surface area contributed by atoms with Crippen molar-refractivity contribution in [3.05, 3.63) is 176 Å². The van der Waals surface area contributed by atoms with Crippen molar-refractivity contribution in [3.63, 3.8) is 0 Å². The van der Waals surface area contributed by atoms with Gasteiger partial charge in [0.2, 0.25) is 0 Å². The van der Waals surface area contributed by atoms with E-state index in [-0.39, 0.29) is 0 Å². The van der Waals surface area contributed by atoms with E-state index in [9.17, 15) is 0 Å². The minimum absolute atomic E-state index is 0.940. The van der Waals surface area contributed by atoms with Gasteiger partial charge in [0.25, 0.3) is 0 Å². The predicted octanol–water partition coefficient (Wildman–Crippen LogP) is 12.3. The quantitative estimate of drug-likeness (QED) is 0.170. The molecule has 0 saturated carbocycles. The lowest BCUT2D eigenvalue weighted by Crippen LogP contribution is -2.49. The van der Waals surface area contributed by atoms with Crippen molar-refractivity contribution in [1.82, 2.24) is 0 Å². The molecule has 0 aliphatic carbocycles. The molecular formula is C48H35NOSi. The summed E-state index contributed by atoms with van der Waals surface area (Å²) in [4.78, 5) is 2.42. The first kappa shape index (κ1) is 29.7. The van der Waals surface area contributed by atoms with Crippen LogP contribution in [-0.4, -0.2) is 8.07 Å². The first-order valence-electron chi connectivity index (χ1n) is 17.7. The summed E-state index contributed by atoms with van der Waals surface area (Å²) in [6, 6.07) is 64.0. The second kappa shape index (κ2) is 11.4. The monoisotopic (exact) mass is 669 g/mol. The molecule has 0 saturated heterocycles. The third-order valence-electron chi connectivity index (χ3n) is 10.9. The molecule has 0 spiro atoms. The Morgan fingerprint density at radius 1 is 0.431 bits per heavy atom. The Kier molecular flexibility index (Phi) is 6.67. The van der Waals surface area contributed by atoms with Gasteiger partial charge in [0.05, 0.1) is 0 Å². The molecule has 2 heterocycles. The number of nitrogens with zero attached hydrogens (tertiary/aromatic N) is 1. The summed E-state index contributed by atoms with van der Waals surface area (Å²) in [5.74, 6) is 0. The molecule has 242 valence electrons. The summed E-state index contributed by atoms with van der Waals surface area (Å²) in [7, 11) is -1.96. The van der Waals surface area contributed by atoms with Gasteiger partial charge >= 0.3 is 0 Å². The molecule has 0 bridgehead atoms. The summed E-state index contributed by atoms with van der Waals surface area (Å²) < 4.78 is 6.41. The van der Waals surface area contributed by atoms with Crippen molar-refractivity contribution in [2.45, 2.75) is 13.1 Å². The average Bonchev–Trinajstić information content (AvgIpc) is 3.67. The zero-order valence-electron chi connectivity index (χ0n) is 28.6. The molecule has 0 amide bonds. The van der Waals surface area contributed by atoms with Gasteiger partial charge in [0.1, 0.15) is 19.2 Å². The summed E-state index contributed by atoms with van der Waals surface area (Å²) in [5.41, 5.74) is 12.8. The number of rotatable bonds is 5. The lowest BCUT2D eigenvalue weighted by Gasteiger charge is -2.27. The zero-order chi connectivity index (χ0) is 34.1. The van der Waals surface area contributed by atoms with E-state index in [1.807, 2.05) is 0 Å². The minimum Gasteiger partial charge on any atom is -0.456 e. The van der Waals surface area contributed by atoms with Crippen LogP contribution in [0, 0.1) is 0 Å². The Bertz CT molecular complexity index is 2770. The standard InChI is InChI=1S/C48H35NOSi/c1-51(2)45-28-26-38(31-42(45)48-46(51)29-27-44-47(48)41-19-8-9-21-43(41)50-44)49(37-17-10-16-35(30-37)32-12-4-3-5-13-32)36-24-22-34(23-25-36)40-20-11-15-33-14-6-7-18-39(33)40/h3-31H,1-2H3. The molecule has 0 atom stereocenters. The fourth-order valence-corrected chi connectivity index (χ4v) is 11.4. The van der Waals surface area contributed by atoms with Gasteiger partial charge in [-0.1, -0.05) is 140 Å². The molecule has 1 aliphatic rings. The molecule has 0 unspecified atom stereocenters. The first-order valence-corrected chi connectivity index (χ1v) is 20.7. The molecule has 1 aromatic heterocycles. The third kappa shape index (κ3) is 4.70. The van der Waals surface area contributed by atoms with Crippen LogP contribution < -0.4 is 15.3 Å². The molecule has 10 rings (SSSR count). The highest BCUT2D eigenvalue weighted by molar-refractivity contribution is 7.04. The lowest BCUT2D eigenvalue weighted by molar-refractivity contribution is 0.669. The zero-order valence-corrected chi connectivity index (χ0v) is 29.6. The van der Waals surface area contributed by atoms with Crippen molar-refractivity contribution >= 4 is 68.2 Å². The molecule has 3 heteroatoms. The Balaban J connectivity index is 1.17. The number of furan rings is 1. The van der Waals surface area contributed by atoms with Crippen LogP contribution in [0.4, 0.5) is 17.1 Å². The number of benzene rings is 8. The van der Waals surface area contributed by atoms with Crippen molar-refractivity contribution in [3.8, 4) is 33.4 Å². The fraction of sp³-hybridized carbons (Fsp3) is 0.0417. The van der Waals surface area contributed by atoms with E-state index in [2.05, 4.69) is 194 Å². The van der Waals surface area contributed by atoms with E-state index in [0.717, 1.165) is 28.2 Å². The highest BCUT2D eigenvalue weighted by Crippen LogP contribution is 2.44. The summed E-state index contributed by atoms with van der Waals surface area (Å²) in [6.45, 7) is 4.97. The molecular weight excluding hydrogens is 635 g/mol. The van der Waals surface area contributed by atoms with E-state index >= 15 is 0 Å². The number of hydrogen-bond donors (Lipinski definition) is 0. The number of para-hydroxylation sites is 1. The van der Waals surface area contributed by atoms with Gasteiger partial charge in [-0.05, 0) is 103 Å². The second-order valence-electron chi connectivity index (χ2n) is 14.1. The van der Waals surface area contributed by atoms with Crippen LogP contribution in [0.25, 0.3) is 66.1 Å². The van der Waals surface area contributed by atoms with Crippen molar-refractivity contribution < 1.29 is 4.42 Å². The molecule has 8 aromatic carbocycles. The van der Waals surface area contributed by atoms with Crippen LogP contribution in [0.15, 0.2) is 180 Å². The largest absolute Gasteiger partial charge is 0.456 e. The van der Waals surface area contributed by atoms with Gasteiger partial charge in [0, 0.05) is 27.8 Å². The topological polar surface area (TPSA) is 16.4 Å². The SMILES string of the molecule is C[Si]1(C)c2ccc(N(c3ccc(-c4cccc5ccccc45)cc3)c3cccc(-c4ccccc4)c3)cc2-c2c1ccc1oc3ccccc3c21. The van der Waals surface area contributed by atoms with E-state index < -0.39 is 8.07 Å². The fourth-order valence-electron chi connectivity index (χ4n) is 8.36. The van der Waals surface area contributed by atoms with Crippen molar-refractivity contribution in [2.24, 2.45) is 0 Å². The van der Waals surface area contributed by atoms with E-state index in [1.165, 1.54) is 65.3 Å². The predicted molar refractivity (Wildman–Crippen MR) is 219 cm³/mol. The van der Waals surface area contributed by atoms with Gasteiger partial charge < -0.3 is 9.32 Å². The molecule has 2 nitrogen and oxygen atoms in total. The average molecular weight is 670 g/mol. The molecule has 9 aromatic rings. The Morgan fingerprint density at radius 2 is 1.10 bits per heavy atom. The van der Waals surface area contributed by atoms with Gasteiger partial charge in [0.15, 0.2) is 0 Å². The van der Waals surface area contributed by atoms with Crippen LogP contribution in [-0.2, 0) is 0 Å². The van der Waals surface area contributed by atoms with E-state index in [4.69, 9.17) is 4.42 Å². The van der Waals surface area contributed by atoms with Crippen molar-refractivity contribution in [2.75, 3.05) is 4.90 Å². The molecule has 0 fully saturated rings. The normalized spacial score (nSPS) is 13.1. The number of anilines is 3. The molecule has 51 heavy (non-hydrogen) atoms. The summed E-state index contributed by atoms with van der Waals surface area (Å²) in [6.07, 6.45) is 0. The van der Waals surface area contributed by atoms with Crippen LogP contribution in [0.2, 0.25) is 13.1 Å². The van der Waals surface area contributed by atoms with Gasteiger partial charge in [-0.25, -0.2) is 0 Å². The Morgan fingerprint density at radius 3 is 1.96 bits per heavy atom. The van der Waals surface area contributed by atoms with Crippen LogP contribution in [0.5, 0.6) is 0 Å². The maximum Gasteiger partial charge on any atom is 0.136 e. The second-order valence-corrected chi connectivity index (χ2v) is 18.5. The Hall–Kier alpha value is -6.16. The van der Waals surface area contributed by atoms with Gasteiger partial charge in [-0.2, -0.15) is 0 Å². The number of hydrogen-bond acceptors (Lipinski definition) is 2. The highest BCUT2D eigenvalue weighted by atomic mass is 28.3. The first-order chi connectivity index (χ1) is 25.0. The van der Waals surface area contributed by atoms with Crippen LogP contribution in [0.3, 0.4) is 0 Å².